The molecule has 0 aliphatic heterocycles. The van der Waals surface area contributed by atoms with Crippen molar-refractivity contribution in [1.29, 1.82) is 0 Å². The predicted molar refractivity (Wildman–Crippen MR) is 88.1 cm³/mol. The van der Waals surface area contributed by atoms with Crippen molar-refractivity contribution in [1.82, 2.24) is 0 Å². The standard InChI is InChI=1S/C7H17NS.C6H15NO3S/c1-4-8(2,3)6-5-7-9;1-7(2,3)5-4-6-11(8,9)10/h4-7H2,1-3H3;4-6H2,1-3H3/p+1. The molecule has 5 nitrogen and oxygen atoms in total. The van der Waals surface area contributed by atoms with Crippen molar-refractivity contribution < 1.29 is 21.9 Å². The van der Waals surface area contributed by atoms with Crippen LogP contribution in [0.1, 0.15) is 19.8 Å². The maximum atomic E-state index is 10.2. The number of hydrogen-bond donors (Lipinski definition) is 1. The van der Waals surface area contributed by atoms with Crippen LogP contribution in [0, 0.1) is 0 Å². The van der Waals surface area contributed by atoms with Crippen molar-refractivity contribution in [2.45, 2.75) is 19.8 Å². The second-order valence-electron chi connectivity index (χ2n) is 6.68. The molecule has 0 unspecified atom stereocenters. The van der Waals surface area contributed by atoms with Gasteiger partial charge in [-0.1, -0.05) is 0 Å². The minimum atomic E-state index is -4.01. The summed E-state index contributed by atoms with van der Waals surface area (Å²) in [4.78, 5) is 0. The highest BCUT2D eigenvalue weighted by atomic mass is 32.2. The minimum absolute atomic E-state index is 0.248. The molecule has 0 rings (SSSR count). The van der Waals surface area contributed by atoms with E-state index in [1.165, 1.54) is 19.5 Å². The summed E-state index contributed by atoms with van der Waals surface area (Å²) in [7, 11) is 6.37. The first-order chi connectivity index (χ1) is 8.83. The SMILES string of the molecule is CC[N+](C)(C)CCCS.C[N+](C)(C)CCCS(=O)(=O)[O-]. The van der Waals surface area contributed by atoms with Gasteiger partial charge in [0.2, 0.25) is 0 Å². The molecule has 0 aliphatic carbocycles. The lowest BCUT2D eigenvalue weighted by Gasteiger charge is -2.27. The monoisotopic (exact) mass is 329 g/mol. The van der Waals surface area contributed by atoms with Crippen LogP contribution in [0.4, 0.5) is 0 Å². The average molecular weight is 330 g/mol. The van der Waals surface area contributed by atoms with Crippen LogP contribution >= 0.6 is 12.6 Å². The number of rotatable bonds is 8. The van der Waals surface area contributed by atoms with Crippen LogP contribution in [0.3, 0.4) is 0 Å². The maximum Gasteiger partial charge on any atom is 0.0948 e. The lowest BCUT2D eigenvalue weighted by Crippen LogP contribution is -2.40. The summed E-state index contributed by atoms with van der Waals surface area (Å²) in [6.07, 6.45) is 1.67. The molecule has 0 heterocycles. The van der Waals surface area contributed by atoms with Crippen LogP contribution in [0.2, 0.25) is 0 Å². The van der Waals surface area contributed by atoms with E-state index < -0.39 is 10.1 Å². The molecule has 0 saturated heterocycles. The van der Waals surface area contributed by atoms with E-state index in [0.29, 0.717) is 17.4 Å². The molecule has 0 N–H and O–H groups in total. The molecule has 0 aromatic heterocycles. The molecule has 0 saturated carbocycles. The zero-order valence-corrected chi connectivity index (χ0v) is 15.6. The van der Waals surface area contributed by atoms with E-state index in [2.05, 4.69) is 33.6 Å². The first-order valence-corrected chi connectivity index (χ1v) is 9.21. The first-order valence-electron chi connectivity index (χ1n) is 7.00. The van der Waals surface area contributed by atoms with Crippen molar-refractivity contribution in [3.8, 4) is 0 Å². The molecular formula is C13H33N2O3S2+. The molecule has 0 atom stereocenters. The van der Waals surface area contributed by atoms with Crippen LogP contribution in [-0.2, 0) is 10.1 Å². The Morgan fingerprint density at radius 2 is 1.50 bits per heavy atom. The summed E-state index contributed by atoms with van der Waals surface area (Å²) in [5.41, 5.74) is 0. The summed E-state index contributed by atoms with van der Waals surface area (Å²) in [5.74, 6) is 0.768. The van der Waals surface area contributed by atoms with Gasteiger partial charge >= 0.3 is 0 Å². The number of quaternary nitrogens is 2. The molecule has 0 radical (unpaired) electrons. The van der Waals surface area contributed by atoms with Crippen LogP contribution < -0.4 is 0 Å². The highest BCUT2D eigenvalue weighted by Crippen LogP contribution is 1.98. The third-order valence-electron chi connectivity index (χ3n) is 3.00. The molecule has 0 aliphatic rings. The Labute approximate surface area is 131 Å². The van der Waals surface area contributed by atoms with Crippen LogP contribution in [-0.4, -0.2) is 88.3 Å². The Morgan fingerprint density at radius 1 is 1.00 bits per heavy atom. The summed E-state index contributed by atoms with van der Waals surface area (Å²) in [6.45, 7) is 5.40. The van der Waals surface area contributed by atoms with Crippen molar-refractivity contribution in [2.24, 2.45) is 0 Å². The Balaban J connectivity index is 0. The summed E-state index contributed by atoms with van der Waals surface area (Å²) in [6, 6.07) is 0. The third-order valence-corrected chi connectivity index (χ3v) is 4.11. The zero-order chi connectivity index (χ0) is 16.4. The molecule has 7 heteroatoms. The Bertz CT molecular complexity index is 336. The summed E-state index contributed by atoms with van der Waals surface area (Å²) >= 11 is 4.16. The van der Waals surface area contributed by atoms with Crippen molar-refractivity contribution in [2.75, 3.05) is 66.4 Å². The van der Waals surface area contributed by atoms with Gasteiger partial charge in [-0.3, -0.25) is 0 Å². The zero-order valence-electron chi connectivity index (χ0n) is 13.9. The predicted octanol–water partition coefficient (Wildman–Crippen LogP) is 1.03. The van der Waals surface area contributed by atoms with Gasteiger partial charge in [-0.15, -0.1) is 0 Å². The molecule has 0 aromatic carbocycles. The minimum Gasteiger partial charge on any atom is -0.748 e. The lowest BCUT2D eigenvalue weighted by molar-refractivity contribution is -0.888. The highest BCUT2D eigenvalue weighted by molar-refractivity contribution is 7.85. The fourth-order valence-electron chi connectivity index (χ4n) is 1.37. The van der Waals surface area contributed by atoms with E-state index in [1.807, 2.05) is 21.1 Å². The molecule has 0 spiro atoms. The van der Waals surface area contributed by atoms with Gasteiger partial charge in [-0.2, -0.15) is 12.6 Å². The van der Waals surface area contributed by atoms with E-state index in [4.69, 9.17) is 0 Å². The summed E-state index contributed by atoms with van der Waals surface area (Å²) < 4.78 is 32.3. The molecule has 124 valence electrons. The summed E-state index contributed by atoms with van der Waals surface area (Å²) in [5, 5.41) is 0. The fourth-order valence-corrected chi connectivity index (χ4v) is 2.00. The molecule has 0 aromatic rings. The van der Waals surface area contributed by atoms with Gasteiger partial charge in [0.15, 0.2) is 0 Å². The fraction of sp³-hybridized carbons (Fsp3) is 1.00. The van der Waals surface area contributed by atoms with Gasteiger partial charge in [0, 0.05) is 18.6 Å². The number of nitrogens with zero attached hydrogens (tertiary/aromatic N) is 2. The second-order valence-corrected chi connectivity index (χ2v) is 8.65. The van der Waals surface area contributed by atoms with E-state index in [-0.39, 0.29) is 5.75 Å². The van der Waals surface area contributed by atoms with Gasteiger partial charge in [-0.05, 0) is 12.7 Å². The lowest BCUT2D eigenvalue weighted by atomic mass is 10.4. The van der Waals surface area contributed by atoms with E-state index in [9.17, 15) is 13.0 Å². The smallest absolute Gasteiger partial charge is 0.0948 e. The Hall–Kier alpha value is 0.180. The molecular weight excluding hydrogens is 296 g/mol. The largest absolute Gasteiger partial charge is 0.748 e. The van der Waals surface area contributed by atoms with Gasteiger partial charge in [0.25, 0.3) is 0 Å². The van der Waals surface area contributed by atoms with Gasteiger partial charge < -0.3 is 13.5 Å². The quantitative estimate of drug-likeness (QED) is 0.411. The molecule has 0 bridgehead atoms. The van der Waals surface area contributed by atoms with Gasteiger partial charge in [0.05, 0.1) is 65.0 Å². The van der Waals surface area contributed by atoms with Crippen molar-refractivity contribution in [3.63, 3.8) is 0 Å². The molecule has 20 heavy (non-hydrogen) atoms. The number of hydrogen-bond acceptors (Lipinski definition) is 4. The van der Waals surface area contributed by atoms with Gasteiger partial charge in [0.1, 0.15) is 0 Å². The van der Waals surface area contributed by atoms with Gasteiger partial charge in [-0.25, -0.2) is 8.42 Å². The van der Waals surface area contributed by atoms with E-state index >= 15 is 0 Å². The van der Waals surface area contributed by atoms with E-state index in [1.54, 1.807) is 0 Å². The van der Waals surface area contributed by atoms with Crippen LogP contribution in [0.5, 0.6) is 0 Å². The third kappa shape index (κ3) is 20.5. The van der Waals surface area contributed by atoms with Crippen molar-refractivity contribution >= 4 is 22.7 Å². The molecule has 0 amide bonds. The van der Waals surface area contributed by atoms with Crippen molar-refractivity contribution in [3.05, 3.63) is 0 Å². The topological polar surface area (TPSA) is 57.2 Å². The Kier molecular flexibility index (Phi) is 11.2. The highest BCUT2D eigenvalue weighted by Gasteiger charge is 2.09. The Morgan fingerprint density at radius 3 is 1.80 bits per heavy atom. The average Bonchev–Trinajstić information content (AvgIpc) is 2.24. The van der Waals surface area contributed by atoms with Crippen LogP contribution in [0.15, 0.2) is 0 Å². The first kappa shape index (κ1) is 22.5. The maximum absolute atomic E-state index is 10.2. The normalized spacial score (nSPS) is 12.8. The second kappa shape index (κ2) is 10.00. The number of thiol groups is 1. The van der Waals surface area contributed by atoms with E-state index in [0.717, 1.165) is 10.2 Å². The van der Waals surface area contributed by atoms with Crippen LogP contribution in [0.25, 0.3) is 0 Å². The molecule has 0 fully saturated rings.